The van der Waals surface area contributed by atoms with Crippen molar-refractivity contribution in [2.75, 3.05) is 0 Å². The van der Waals surface area contributed by atoms with E-state index in [4.69, 9.17) is 4.42 Å². The first-order chi connectivity index (χ1) is 5.75. The monoisotopic (exact) mass is 168 g/mol. The Balaban J connectivity index is 2.46. The van der Waals surface area contributed by atoms with Crippen LogP contribution in [0, 0.1) is 6.92 Å². The summed E-state index contributed by atoms with van der Waals surface area (Å²) in [6.45, 7) is 3.94. The molecule has 0 spiro atoms. The van der Waals surface area contributed by atoms with Gasteiger partial charge < -0.3 is 9.52 Å². The first-order valence-corrected chi connectivity index (χ1v) is 4.51. The van der Waals surface area contributed by atoms with Gasteiger partial charge in [-0.3, -0.25) is 0 Å². The molecule has 1 rings (SSSR count). The van der Waals surface area contributed by atoms with Crippen molar-refractivity contribution < 1.29 is 9.52 Å². The lowest BCUT2D eigenvalue weighted by atomic mass is 10.1. The van der Waals surface area contributed by atoms with Gasteiger partial charge in [0.25, 0.3) is 0 Å². The van der Waals surface area contributed by atoms with Crippen LogP contribution in [0.15, 0.2) is 10.7 Å². The minimum absolute atomic E-state index is 0.339. The predicted octanol–water partition coefficient (Wildman–Crippen LogP) is 3.03. The van der Waals surface area contributed by atoms with E-state index in [9.17, 15) is 5.11 Å². The topological polar surface area (TPSA) is 33.4 Å². The molecule has 2 heteroatoms. The summed E-state index contributed by atoms with van der Waals surface area (Å²) in [5, 5.41) is 9.44. The highest BCUT2D eigenvalue weighted by molar-refractivity contribution is 5.32. The van der Waals surface area contributed by atoms with E-state index in [1.54, 1.807) is 13.2 Å². The number of hydrogen-bond acceptors (Lipinski definition) is 2. The van der Waals surface area contributed by atoms with E-state index in [1.165, 1.54) is 12.8 Å². The highest BCUT2D eigenvalue weighted by atomic mass is 16.4. The molecule has 0 saturated carbocycles. The van der Waals surface area contributed by atoms with E-state index in [2.05, 4.69) is 6.92 Å². The lowest BCUT2D eigenvalue weighted by molar-refractivity contribution is 0.440. The van der Waals surface area contributed by atoms with Crippen LogP contribution in [-0.4, -0.2) is 5.11 Å². The summed E-state index contributed by atoms with van der Waals surface area (Å²) in [5.74, 6) is 0.965. The Bertz CT molecular complexity index is 238. The summed E-state index contributed by atoms with van der Waals surface area (Å²) in [4.78, 5) is 0. The van der Waals surface area contributed by atoms with E-state index >= 15 is 0 Å². The second-order valence-corrected chi connectivity index (χ2v) is 3.12. The molecule has 0 atom stereocenters. The fourth-order valence-electron chi connectivity index (χ4n) is 1.24. The maximum atomic E-state index is 9.44. The third kappa shape index (κ3) is 2.03. The van der Waals surface area contributed by atoms with Gasteiger partial charge in [-0.05, 0) is 19.8 Å². The Kier molecular flexibility index (Phi) is 3.20. The second-order valence-electron chi connectivity index (χ2n) is 3.12. The normalized spacial score (nSPS) is 10.5. The van der Waals surface area contributed by atoms with Crippen LogP contribution in [0.2, 0.25) is 0 Å². The zero-order chi connectivity index (χ0) is 8.97. The van der Waals surface area contributed by atoms with Gasteiger partial charge in [0.05, 0.1) is 6.26 Å². The molecule has 0 fully saturated rings. The molecule has 0 aromatic carbocycles. The SMILES string of the molecule is CCCCCc1coc(C)c1O. The van der Waals surface area contributed by atoms with Crippen molar-refractivity contribution in [2.45, 2.75) is 39.5 Å². The predicted molar refractivity (Wildman–Crippen MR) is 48.3 cm³/mol. The van der Waals surface area contributed by atoms with Crippen molar-refractivity contribution in [3.8, 4) is 5.75 Å². The highest BCUT2D eigenvalue weighted by Gasteiger charge is 2.07. The Hall–Kier alpha value is -0.920. The fraction of sp³-hybridized carbons (Fsp3) is 0.600. The molecular weight excluding hydrogens is 152 g/mol. The zero-order valence-corrected chi connectivity index (χ0v) is 7.76. The van der Waals surface area contributed by atoms with Gasteiger partial charge >= 0.3 is 0 Å². The van der Waals surface area contributed by atoms with Crippen LogP contribution in [0.1, 0.15) is 37.5 Å². The number of aryl methyl sites for hydroxylation is 2. The quantitative estimate of drug-likeness (QED) is 0.701. The lowest BCUT2D eigenvalue weighted by Crippen LogP contribution is -1.82. The molecule has 0 radical (unpaired) electrons. The molecule has 12 heavy (non-hydrogen) atoms. The maximum Gasteiger partial charge on any atom is 0.159 e. The van der Waals surface area contributed by atoms with Gasteiger partial charge in [-0.15, -0.1) is 0 Å². The van der Waals surface area contributed by atoms with Gasteiger partial charge in [0.2, 0.25) is 0 Å². The van der Waals surface area contributed by atoms with Gasteiger partial charge in [-0.25, -0.2) is 0 Å². The van der Waals surface area contributed by atoms with E-state index in [0.717, 1.165) is 18.4 Å². The molecule has 0 aliphatic carbocycles. The molecule has 0 aliphatic rings. The lowest BCUT2D eigenvalue weighted by Gasteiger charge is -1.96. The third-order valence-corrected chi connectivity index (χ3v) is 2.07. The van der Waals surface area contributed by atoms with Crippen molar-refractivity contribution in [3.63, 3.8) is 0 Å². The van der Waals surface area contributed by atoms with Crippen LogP contribution in [-0.2, 0) is 6.42 Å². The van der Waals surface area contributed by atoms with Gasteiger partial charge in [0, 0.05) is 5.56 Å². The molecule has 0 unspecified atom stereocenters. The van der Waals surface area contributed by atoms with Crippen molar-refractivity contribution in [1.29, 1.82) is 0 Å². The number of unbranched alkanes of at least 4 members (excludes halogenated alkanes) is 2. The van der Waals surface area contributed by atoms with Crippen molar-refractivity contribution >= 4 is 0 Å². The molecule has 1 heterocycles. The Morgan fingerprint density at radius 3 is 2.67 bits per heavy atom. The van der Waals surface area contributed by atoms with Crippen molar-refractivity contribution in [1.82, 2.24) is 0 Å². The van der Waals surface area contributed by atoms with Crippen LogP contribution >= 0.6 is 0 Å². The van der Waals surface area contributed by atoms with Gasteiger partial charge in [0.15, 0.2) is 5.75 Å². The molecule has 1 aromatic rings. The van der Waals surface area contributed by atoms with E-state index in [0.29, 0.717) is 11.5 Å². The van der Waals surface area contributed by atoms with Crippen LogP contribution in [0.3, 0.4) is 0 Å². The van der Waals surface area contributed by atoms with Gasteiger partial charge in [-0.2, -0.15) is 0 Å². The fourth-order valence-corrected chi connectivity index (χ4v) is 1.24. The minimum atomic E-state index is 0.339. The van der Waals surface area contributed by atoms with Gasteiger partial charge in [0.1, 0.15) is 5.76 Å². The highest BCUT2D eigenvalue weighted by Crippen LogP contribution is 2.25. The Morgan fingerprint density at radius 2 is 2.17 bits per heavy atom. The van der Waals surface area contributed by atoms with Crippen LogP contribution in [0.4, 0.5) is 0 Å². The molecule has 0 amide bonds. The number of hydrogen-bond donors (Lipinski definition) is 1. The number of aromatic hydroxyl groups is 1. The van der Waals surface area contributed by atoms with E-state index in [1.807, 2.05) is 0 Å². The maximum absolute atomic E-state index is 9.44. The third-order valence-electron chi connectivity index (χ3n) is 2.07. The average Bonchev–Trinajstić information content (AvgIpc) is 2.36. The van der Waals surface area contributed by atoms with Crippen molar-refractivity contribution in [2.24, 2.45) is 0 Å². The minimum Gasteiger partial charge on any atom is -0.504 e. The molecule has 0 aliphatic heterocycles. The van der Waals surface area contributed by atoms with Crippen LogP contribution < -0.4 is 0 Å². The zero-order valence-electron chi connectivity index (χ0n) is 7.76. The molecule has 1 aromatic heterocycles. The first kappa shape index (κ1) is 9.17. The molecular formula is C10H16O2. The number of rotatable bonds is 4. The van der Waals surface area contributed by atoms with Crippen LogP contribution in [0.25, 0.3) is 0 Å². The molecule has 68 valence electrons. The summed E-state index contributed by atoms with van der Waals surface area (Å²) in [6, 6.07) is 0. The molecule has 0 bridgehead atoms. The smallest absolute Gasteiger partial charge is 0.159 e. The summed E-state index contributed by atoms with van der Waals surface area (Å²) >= 11 is 0. The summed E-state index contributed by atoms with van der Waals surface area (Å²) < 4.78 is 5.08. The average molecular weight is 168 g/mol. The summed E-state index contributed by atoms with van der Waals surface area (Å²) in [5.41, 5.74) is 0.945. The molecule has 1 N–H and O–H groups in total. The largest absolute Gasteiger partial charge is 0.504 e. The first-order valence-electron chi connectivity index (χ1n) is 4.51. The van der Waals surface area contributed by atoms with Gasteiger partial charge in [-0.1, -0.05) is 19.8 Å². The van der Waals surface area contributed by atoms with E-state index < -0.39 is 0 Å². The van der Waals surface area contributed by atoms with E-state index in [-0.39, 0.29) is 0 Å². The summed E-state index contributed by atoms with van der Waals surface area (Å²) in [6.07, 6.45) is 6.13. The standard InChI is InChI=1S/C10H16O2/c1-3-4-5-6-9-7-12-8(2)10(9)11/h7,11H,3-6H2,1-2H3. The van der Waals surface area contributed by atoms with Crippen LogP contribution in [0.5, 0.6) is 5.75 Å². The Labute approximate surface area is 73.2 Å². The molecule has 2 nitrogen and oxygen atoms in total. The molecule has 0 saturated heterocycles. The number of furan rings is 1. The van der Waals surface area contributed by atoms with Crippen molar-refractivity contribution in [3.05, 3.63) is 17.6 Å². The summed E-state index contributed by atoms with van der Waals surface area (Å²) in [7, 11) is 0. The second kappa shape index (κ2) is 4.19. The Morgan fingerprint density at radius 1 is 1.42 bits per heavy atom.